The van der Waals surface area contributed by atoms with Crippen molar-refractivity contribution in [1.82, 2.24) is 4.98 Å². The minimum atomic E-state index is -0.133. The van der Waals surface area contributed by atoms with Crippen molar-refractivity contribution in [3.05, 3.63) is 76.2 Å². The summed E-state index contributed by atoms with van der Waals surface area (Å²) in [7, 11) is 0. The summed E-state index contributed by atoms with van der Waals surface area (Å²) in [6.07, 6.45) is 8.32. The van der Waals surface area contributed by atoms with Gasteiger partial charge in [0, 0.05) is 28.9 Å². The standard InChI is InChI=1S/C27H27ClFNO/c1-2-18-14-25-22(15-24(18)29)21(9-12-30-25)19-7-10-27(11-8-19)16-23(27)26(31)13-17-3-5-20(28)6-4-17/h3-6,9,12,14-15,19,23H,2,7-8,10-11,13,16H2,1H3. The van der Waals surface area contributed by atoms with Crippen LogP contribution in [0, 0.1) is 17.2 Å². The zero-order valence-corrected chi connectivity index (χ0v) is 18.6. The first-order valence-electron chi connectivity index (χ1n) is 11.3. The zero-order chi connectivity index (χ0) is 21.6. The van der Waals surface area contributed by atoms with Crippen molar-refractivity contribution < 1.29 is 9.18 Å². The SMILES string of the molecule is CCc1cc2nccc(C3CCC4(CC3)CC4C(=O)Cc3ccc(Cl)cc3)c2cc1F. The molecular formula is C27H27ClFNO. The van der Waals surface area contributed by atoms with Gasteiger partial charge in [-0.25, -0.2) is 4.39 Å². The number of carbonyl (C=O) groups excluding carboxylic acids is 1. The number of benzene rings is 2. The average molecular weight is 436 g/mol. The van der Waals surface area contributed by atoms with Crippen molar-refractivity contribution in [2.75, 3.05) is 0 Å². The van der Waals surface area contributed by atoms with Gasteiger partial charge in [-0.15, -0.1) is 0 Å². The van der Waals surface area contributed by atoms with Gasteiger partial charge in [-0.05, 0) is 96.9 Å². The predicted molar refractivity (Wildman–Crippen MR) is 123 cm³/mol. The lowest BCUT2D eigenvalue weighted by Gasteiger charge is -2.30. The number of hydrogen-bond acceptors (Lipinski definition) is 2. The van der Waals surface area contributed by atoms with Crippen LogP contribution >= 0.6 is 11.6 Å². The fourth-order valence-electron chi connectivity index (χ4n) is 5.64. The number of pyridine rings is 1. The van der Waals surface area contributed by atoms with Crippen molar-refractivity contribution in [1.29, 1.82) is 0 Å². The lowest BCUT2D eigenvalue weighted by atomic mass is 9.74. The molecule has 2 aliphatic carbocycles. The summed E-state index contributed by atoms with van der Waals surface area (Å²) < 4.78 is 14.5. The molecule has 0 saturated heterocycles. The van der Waals surface area contributed by atoms with E-state index in [0.29, 0.717) is 29.6 Å². The first-order chi connectivity index (χ1) is 15.0. The molecule has 160 valence electrons. The number of fused-ring (bicyclic) bond motifs is 1. The first kappa shape index (κ1) is 20.6. The number of hydrogen-bond donors (Lipinski definition) is 0. The van der Waals surface area contributed by atoms with Gasteiger partial charge in [-0.1, -0.05) is 30.7 Å². The van der Waals surface area contributed by atoms with Gasteiger partial charge in [0.1, 0.15) is 11.6 Å². The fraction of sp³-hybridized carbons (Fsp3) is 0.407. The van der Waals surface area contributed by atoms with Crippen molar-refractivity contribution in [2.24, 2.45) is 11.3 Å². The van der Waals surface area contributed by atoms with E-state index < -0.39 is 0 Å². The largest absolute Gasteiger partial charge is 0.299 e. The molecule has 5 rings (SSSR count). The summed E-state index contributed by atoms with van der Waals surface area (Å²) in [6, 6.07) is 13.2. The van der Waals surface area contributed by atoms with Crippen molar-refractivity contribution in [3.63, 3.8) is 0 Å². The van der Waals surface area contributed by atoms with E-state index in [9.17, 15) is 9.18 Å². The van der Waals surface area contributed by atoms with Crippen LogP contribution in [0.1, 0.15) is 61.6 Å². The topological polar surface area (TPSA) is 30.0 Å². The summed E-state index contributed by atoms with van der Waals surface area (Å²) in [4.78, 5) is 17.4. The highest BCUT2D eigenvalue weighted by atomic mass is 35.5. The number of nitrogens with zero attached hydrogens (tertiary/aromatic N) is 1. The van der Waals surface area contributed by atoms with Crippen LogP contribution in [-0.4, -0.2) is 10.8 Å². The lowest BCUT2D eigenvalue weighted by Crippen LogP contribution is -2.20. The van der Waals surface area contributed by atoms with Crippen molar-refractivity contribution in [3.8, 4) is 0 Å². The van der Waals surface area contributed by atoms with E-state index in [2.05, 4.69) is 11.1 Å². The van der Waals surface area contributed by atoms with Crippen LogP contribution in [0.2, 0.25) is 5.02 Å². The van der Waals surface area contributed by atoms with Crippen LogP contribution in [0.4, 0.5) is 4.39 Å². The number of aryl methyl sites for hydroxylation is 1. The fourth-order valence-corrected chi connectivity index (χ4v) is 5.77. The molecule has 1 atom stereocenters. The molecule has 1 aromatic heterocycles. The Kier molecular flexibility index (Phi) is 5.34. The Morgan fingerprint density at radius 1 is 1.16 bits per heavy atom. The number of Topliss-reactive ketones (excluding diaryl/α,β-unsaturated/α-hetero) is 1. The van der Waals surface area contributed by atoms with Crippen LogP contribution in [0.5, 0.6) is 0 Å². The van der Waals surface area contributed by atoms with E-state index in [1.807, 2.05) is 43.5 Å². The van der Waals surface area contributed by atoms with Gasteiger partial charge in [-0.3, -0.25) is 9.78 Å². The maximum atomic E-state index is 14.5. The minimum Gasteiger partial charge on any atom is -0.299 e. The number of ketones is 1. The van der Waals surface area contributed by atoms with Crippen LogP contribution in [-0.2, 0) is 17.6 Å². The number of carbonyl (C=O) groups is 1. The Balaban J connectivity index is 1.27. The molecule has 0 amide bonds. The van der Waals surface area contributed by atoms with Crippen LogP contribution in [0.15, 0.2) is 48.7 Å². The maximum Gasteiger partial charge on any atom is 0.140 e. The van der Waals surface area contributed by atoms with E-state index in [0.717, 1.165) is 54.1 Å². The Labute approximate surface area is 187 Å². The molecule has 0 radical (unpaired) electrons. The molecule has 2 fully saturated rings. The summed E-state index contributed by atoms with van der Waals surface area (Å²) in [5.41, 5.74) is 4.06. The molecule has 3 aromatic rings. The zero-order valence-electron chi connectivity index (χ0n) is 17.8. The quantitative estimate of drug-likeness (QED) is 0.429. The third-order valence-electron chi connectivity index (χ3n) is 7.62. The van der Waals surface area contributed by atoms with Crippen LogP contribution < -0.4 is 0 Å². The van der Waals surface area contributed by atoms with Gasteiger partial charge < -0.3 is 0 Å². The maximum absolute atomic E-state index is 14.5. The van der Waals surface area contributed by atoms with Gasteiger partial charge >= 0.3 is 0 Å². The second kappa shape index (κ2) is 8.02. The highest BCUT2D eigenvalue weighted by Crippen LogP contribution is 2.63. The molecule has 2 aromatic carbocycles. The van der Waals surface area contributed by atoms with E-state index in [1.165, 1.54) is 5.56 Å². The second-order valence-corrected chi connectivity index (χ2v) is 9.81. The Morgan fingerprint density at radius 3 is 2.61 bits per heavy atom. The number of aromatic nitrogens is 1. The summed E-state index contributed by atoms with van der Waals surface area (Å²) in [5, 5.41) is 1.65. The highest BCUT2D eigenvalue weighted by Gasteiger charge is 2.57. The molecule has 31 heavy (non-hydrogen) atoms. The Bertz CT molecular complexity index is 1130. The highest BCUT2D eigenvalue weighted by molar-refractivity contribution is 6.30. The third kappa shape index (κ3) is 3.89. The molecule has 0 N–H and O–H groups in total. The van der Waals surface area contributed by atoms with Gasteiger partial charge in [0.05, 0.1) is 5.52 Å². The van der Waals surface area contributed by atoms with Crippen LogP contribution in [0.25, 0.3) is 10.9 Å². The molecule has 2 saturated carbocycles. The van der Waals surface area contributed by atoms with E-state index in [-0.39, 0.29) is 17.2 Å². The summed E-state index contributed by atoms with van der Waals surface area (Å²) >= 11 is 5.95. The second-order valence-electron chi connectivity index (χ2n) is 9.38. The van der Waals surface area contributed by atoms with Crippen molar-refractivity contribution in [2.45, 2.75) is 57.8 Å². The number of rotatable bonds is 5. The molecule has 0 aliphatic heterocycles. The normalized spacial score (nSPS) is 25.1. The molecule has 2 nitrogen and oxygen atoms in total. The van der Waals surface area contributed by atoms with Gasteiger partial charge in [0.25, 0.3) is 0 Å². The smallest absolute Gasteiger partial charge is 0.140 e. The Morgan fingerprint density at radius 2 is 1.90 bits per heavy atom. The molecule has 0 bridgehead atoms. The average Bonchev–Trinajstić information content (AvgIpc) is 3.48. The monoisotopic (exact) mass is 435 g/mol. The van der Waals surface area contributed by atoms with E-state index >= 15 is 0 Å². The molecule has 1 unspecified atom stereocenters. The lowest BCUT2D eigenvalue weighted by molar-refractivity contribution is -0.120. The predicted octanol–water partition coefficient (Wildman–Crippen LogP) is 7.07. The molecular weight excluding hydrogens is 409 g/mol. The minimum absolute atomic E-state index is 0.133. The first-order valence-corrected chi connectivity index (χ1v) is 11.7. The van der Waals surface area contributed by atoms with Gasteiger partial charge in [0.2, 0.25) is 0 Å². The van der Waals surface area contributed by atoms with E-state index in [4.69, 9.17) is 11.6 Å². The Hall–Kier alpha value is -2.26. The van der Waals surface area contributed by atoms with Crippen molar-refractivity contribution >= 4 is 28.3 Å². The molecule has 1 heterocycles. The summed E-state index contributed by atoms with van der Waals surface area (Å²) in [5.74, 6) is 0.842. The number of halogens is 2. The van der Waals surface area contributed by atoms with Gasteiger partial charge in [0.15, 0.2) is 0 Å². The van der Waals surface area contributed by atoms with Crippen LogP contribution in [0.3, 0.4) is 0 Å². The van der Waals surface area contributed by atoms with E-state index in [1.54, 1.807) is 6.07 Å². The molecule has 4 heteroatoms. The third-order valence-corrected chi connectivity index (χ3v) is 7.87. The molecule has 2 aliphatic rings. The summed E-state index contributed by atoms with van der Waals surface area (Å²) in [6.45, 7) is 1.97. The molecule has 1 spiro atoms. The van der Waals surface area contributed by atoms with Gasteiger partial charge in [-0.2, -0.15) is 0 Å².